The summed E-state index contributed by atoms with van der Waals surface area (Å²) in [4.78, 5) is 29.0. The standard InChI is InChI=1S/C31H29FN2O3/c32-25-15-12-21(13-16-25)30-22(7-2-4-11-29(35)36)18-24-19-23(14-17-27(24)33-30)31(37)34-28-10-5-8-20-6-1-3-9-26(20)28/h1,3,6,9,12-19,28H,2,4-5,7-8,10-11H2,(H,34,37)(H,35,36). The number of rotatable bonds is 8. The highest BCUT2D eigenvalue weighted by Gasteiger charge is 2.22. The lowest BCUT2D eigenvalue weighted by atomic mass is 9.87. The third kappa shape index (κ3) is 5.69. The highest BCUT2D eigenvalue weighted by atomic mass is 19.1. The molecule has 0 saturated heterocycles. The molecule has 6 heteroatoms. The molecular weight excluding hydrogens is 467 g/mol. The number of hydrogen-bond donors (Lipinski definition) is 2. The van der Waals surface area contributed by atoms with E-state index in [1.165, 1.54) is 23.3 Å². The monoisotopic (exact) mass is 496 g/mol. The van der Waals surface area contributed by atoms with Crippen LogP contribution < -0.4 is 5.32 Å². The number of aryl methyl sites for hydroxylation is 2. The quantitative estimate of drug-likeness (QED) is 0.268. The molecule has 5 nitrogen and oxygen atoms in total. The van der Waals surface area contributed by atoms with Crippen LogP contribution in [0.2, 0.25) is 0 Å². The normalized spacial score (nSPS) is 14.8. The minimum absolute atomic E-state index is 0.00285. The van der Waals surface area contributed by atoms with Crippen molar-refractivity contribution in [3.8, 4) is 11.3 Å². The van der Waals surface area contributed by atoms with Gasteiger partial charge in [-0.1, -0.05) is 24.3 Å². The number of carbonyl (C=O) groups excluding carboxylic acids is 1. The molecule has 188 valence electrons. The van der Waals surface area contributed by atoms with Gasteiger partial charge >= 0.3 is 5.97 Å². The number of nitrogens with zero attached hydrogens (tertiary/aromatic N) is 1. The molecule has 2 N–H and O–H groups in total. The molecule has 0 bridgehead atoms. The topological polar surface area (TPSA) is 79.3 Å². The number of pyridine rings is 1. The van der Waals surface area contributed by atoms with Gasteiger partial charge in [-0.25, -0.2) is 9.37 Å². The molecule has 37 heavy (non-hydrogen) atoms. The Hall–Kier alpha value is -4.06. The Morgan fingerprint density at radius 2 is 1.81 bits per heavy atom. The molecular formula is C31H29FN2O3. The van der Waals surface area contributed by atoms with Crippen LogP contribution in [0.4, 0.5) is 4.39 Å². The number of unbranched alkanes of at least 4 members (excludes halogenated alkanes) is 1. The smallest absolute Gasteiger partial charge is 0.303 e. The molecule has 5 rings (SSSR count). The van der Waals surface area contributed by atoms with Gasteiger partial charge in [0.1, 0.15) is 5.82 Å². The molecule has 0 fully saturated rings. The van der Waals surface area contributed by atoms with Gasteiger partial charge in [-0.15, -0.1) is 0 Å². The second-order valence-corrected chi connectivity index (χ2v) is 9.63. The van der Waals surface area contributed by atoms with Crippen molar-refractivity contribution in [2.24, 2.45) is 0 Å². The average molecular weight is 497 g/mol. The first-order valence-corrected chi connectivity index (χ1v) is 12.8. The van der Waals surface area contributed by atoms with Crippen LogP contribution in [0, 0.1) is 5.82 Å². The van der Waals surface area contributed by atoms with Crippen molar-refractivity contribution >= 4 is 22.8 Å². The van der Waals surface area contributed by atoms with Gasteiger partial charge in [-0.05, 0) is 104 Å². The summed E-state index contributed by atoms with van der Waals surface area (Å²) in [5.74, 6) is -1.25. The molecule has 0 radical (unpaired) electrons. The van der Waals surface area contributed by atoms with E-state index < -0.39 is 5.97 Å². The number of aliphatic carboxylic acids is 1. The maximum atomic E-state index is 13.5. The fourth-order valence-corrected chi connectivity index (χ4v) is 5.15. The third-order valence-corrected chi connectivity index (χ3v) is 7.04. The third-order valence-electron chi connectivity index (χ3n) is 7.04. The zero-order valence-corrected chi connectivity index (χ0v) is 20.5. The van der Waals surface area contributed by atoms with Crippen LogP contribution >= 0.6 is 0 Å². The molecule has 1 amide bonds. The molecule has 4 aromatic rings. The molecule has 3 aromatic carbocycles. The molecule has 1 aliphatic rings. The minimum Gasteiger partial charge on any atom is -0.481 e. The number of nitrogens with one attached hydrogen (secondary N) is 1. The summed E-state index contributed by atoms with van der Waals surface area (Å²) in [7, 11) is 0. The maximum absolute atomic E-state index is 13.5. The molecule has 1 aromatic heterocycles. The Morgan fingerprint density at radius 1 is 1.00 bits per heavy atom. The lowest BCUT2D eigenvalue weighted by molar-refractivity contribution is -0.137. The first-order valence-electron chi connectivity index (χ1n) is 12.8. The number of halogens is 1. The predicted molar refractivity (Wildman–Crippen MR) is 142 cm³/mol. The van der Waals surface area contributed by atoms with Gasteiger partial charge in [0.2, 0.25) is 0 Å². The van der Waals surface area contributed by atoms with Gasteiger partial charge in [0, 0.05) is 22.9 Å². The number of carboxylic acids is 1. The second-order valence-electron chi connectivity index (χ2n) is 9.63. The van der Waals surface area contributed by atoms with Crippen LogP contribution in [0.25, 0.3) is 22.2 Å². The molecule has 0 spiro atoms. The second kappa shape index (κ2) is 10.9. The summed E-state index contributed by atoms with van der Waals surface area (Å²) in [6.45, 7) is 0. The SMILES string of the molecule is O=C(O)CCCCc1cc2cc(C(=O)NC3CCCc4ccccc43)ccc2nc1-c1ccc(F)cc1. The van der Waals surface area contributed by atoms with E-state index in [1.807, 2.05) is 30.3 Å². The Bertz CT molecular complexity index is 1450. The lowest BCUT2D eigenvalue weighted by Gasteiger charge is -2.26. The molecule has 1 heterocycles. The number of carboxylic acid groups (broad SMARTS) is 1. The summed E-state index contributed by atoms with van der Waals surface area (Å²) in [6.07, 6.45) is 4.99. The van der Waals surface area contributed by atoms with Gasteiger partial charge in [0.05, 0.1) is 17.3 Å². The molecule has 0 aliphatic heterocycles. The van der Waals surface area contributed by atoms with Gasteiger partial charge in [-0.3, -0.25) is 9.59 Å². The highest BCUT2D eigenvalue weighted by molar-refractivity contribution is 5.98. The Labute approximate surface area is 215 Å². The van der Waals surface area contributed by atoms with Gasteiger partial charge in [-0.2, -0.15) is 0 Å². The summed E-state index contributed by atoms with van der Waals surface area (Å²) < 4.78 is 13.5. The Kier molecular flexibility index (Phi) is 7.26. The minimum atomic E-state index is -0.813. The van der Waals surface area contributed by atoms with E-state index in [4.69, 9.17) is 10.1 Å². The number of amides is 1. The Morgan fingerprint density at radius 3 is 2.62 bits per heavy atom. The van der Waals surface area contributed by atoms with Crippen LogP contribution in [0.5, 0.6) is 0 Å². The van der Waals surface area contributed by atoms with E-state index in [9.17, 15) is 14.0 Å². The van der Waals surface area contributed by atoms with E-state index in [0.29, 0.717) is 24.8 Å². The van der Waals surface area contributed by atoms with Crippen LogP contribution in [0.15, 0.2) is 72.8 Å². The molecule has 1 unspecified atom stereocenters. The van der Waals surface area contributed by atoms with E-state index in [1.54, 1.807) is 18.2 Å². The first-order chi connectivity index (χ1) is 18.0. The summed E-state index contributed by atoms with van der Waals surface area (Å²) in [5.41, 5.74) is 6.30. The van der Waals surface area contributed by atoms with Crippen molar-refractivity contribution in [1.82, 2.24) is 10.3 Å². The number of aromatic nitrogens is 1. The fourth-order valence-electron chi connectivity index (χ4n) is 5.15. The fraction of sp³-hybridized carbons (Fsp3) is 0.258. The summed E-state index contributed by atoms with van der Waals surface area (Å²) >= 11 is 0. The maximum Gasteiger partial charge on any atom is 0.303 e. The average Bonchev–Trinajstić information content (AvgIpc) is 2.91. The molecule has 0 saturated carbocycles. The van der Waals surface area contributed by atoms with Crippen molar-refractivity contribution in [3.63, 3.8) is 0 Å². The number of hydrogen-bond acceptors (Lipinski definition) is 3. The van der Waals surface area contributed by atoms with Crippen molar-refractivity contribution in [1.29, 1.82) is 0 Å². The van der Waals surface area contributed by atoms with Crippen LogP contribution in [0.3, 0.4) is 0 Å². The van der Waals surface area contributed by atoms with Crippen molar-refractivity contribution in [3.05, 3.63) is 101 Å². The van der Waals surface area contributed by atoms with Crippen molar-refractivity contribution in [2.75, 3.05) is 0 Å². The van der Waals surface area contributed by atoms with E-state index >= 15 is 0 Å². The highest BCUT2D eigenvalue weighted by Crippen LogP contribution is 2.31. The van der Waals surface area contributed by atoms with Crippen LogP contribution in [-0.2, 0) is 17.6 Å². The van der Waals surface area contributed by atoms with E-state index in [2.05, 4.69) is 17.4 Å². The lowest BCUT2D eigenvalue weighted by Crippen LogP contribution is -2.30. The van der Waals surface area contributed by atoms with E-state index in [-0.39, 0.29) is 24.2 Å². The number of benzene rings is 3. The van der Waals surface area contributed by atoms with Gasteiger partial charge in [0.25, 0.3) is 5.91 Å². The Balaban J connectivity index is 1.43. The number of carbonyl (C=O) groups is 2. The number of fused-ring (bicyclic) bond motifs is 2. The van der Waals surface area contributed by atoms with Gasteiger partial charge < -0.3 is 10.4 Å². The summed E-state index contributed by atoms with van der Waals surface area (Å²) in [6, 6.07) is 22.0. The largest absolute Gasteiger partial charge is 0.481 e. The predicted octanol–water partition coefficient (Wildman–Crippen LogP) is 6.65. The van der Waals surface area contributed by atoms with Crippen LogP contribution in [0.1, 0.15) is 65.2 Å². The summed E-state index contributed by atoms with van der Waals surface area (Å²) in [5, 5.41) is 13.0. The first kappa shape index (κ1) is 24.6. The van der Waals surface area contributed by atoms with Gasteiger partial charge in [0.15, 0.2) is 0 Å². The zero-order valence-electron chi connectivity index (χ0n) is 20.5. The molecule has 1 aliphatic carbocycles. The van der Waals surface area contributed by atoms with E-state index in [0.717, 1.165) is 47.0 Å². The molecule has 1 atom stereocenters. The zero-order chi connectivity index (χ0) is 25.8. The van der Waals surface area contributed by atoms with Crippen molar-refractivity contribution < 1.29 is 19.1 Å². The van der Waals surface area contributed by atoms with Crippen LogP contribution in [-0.4, -0.2) is 22.0 Å². The van der Waals surface area contributed by atoms with Crippen molar-refractivity contribution in [2.45, 2.75) is 51.0 Å².